The Labute approximate surface area is 198 Å². The van der Waals surface area contributed by atoms with E-state index in [2.05, 4.69) is 6.58 Å². The molecule has 2 unspecified atom stereocenters. The third kappa shape index (κ3) is 3.49. The maximum Gasteiger partial charge on any atom is 0.308 e. The number of aliphatic carboxylic acids is 1. The van der Waals surface area contributed by atoms with Crippen LogP contribution in [0.1, 0.15) is 37.3 Å². The highest BCUT2D eigenvalue weighted by Gasteiger charge is 2.74. The van der Waals surface area contributed by atoms with Crippen molar-refractivity contribution in [2.24, 2.45) is 11.8 Å². The molecule has 3 aliphatic heterocycles. The number of hydrogen-bond acceptors (Lipinski definition) is 5. The van der Waals surface area contributed by atoms with Crippen molar-refractivity contribution in [3.63, 3.8) is 0 Å². The van der Waals surface area contributed by atoms with Gasteiger partial charge < -0.3 is 20.0 Å². The third-order valence-electron chi connectivity index (χ3n) is 7.57. The number of benzene rings is 1. The minimum Gasteiger partial charge on any atom is -0.481 e. The molecule has 0 radical (unpaired) electrons. The van der Waals surface area contributed by atoms with E-state index in [0.29, 0.717) is 19.3 Å². The van der Waals surface area contributed by atoms with E-state index >= 15 is 0 Å². The number of amides is 2. The van der Waals surface area contributed by atoms with Gasteiger partial charge in [-0.1, -0.05) is 25.1 Å². The molecule has 2 bridgehead atoms. The number of hydrogen-bond donors (Lipinski definition) is 2. The first kappa shape index (κ1) is 23.8. The van der Waals surface area contributed by atoms with Gasteiger partial charge in [-0.15, -0.1) is 18.3 Å². The molecule has 7 nitrogen and oxygen atoms in total. The average Bonchev–Trinajstić information content (AvgIpc) is 3.42. The number of anilines is 1. The van der Waals surface area contributed by atoms with Gasteiger partial charge in [0, 0.05) is 17.5 Å². The quantitative estimate of drug-likeness (QED) is 0.565. The zero-order chi connectivity index (χ0) is 24.1. The lowest BCUT2D eigenvalue weighted by Crippen LogP contribution is -2.57. The smallest absolute Gasteiger partial charge is 0.308 e. The summed E-state index contributed by atoms with van der Waals surface area (Å²) in [6.45, 7) is 9.61. The van der Waals surface area contributed by atoms with Crippen LogP contribution in [0.25, 0.3) is 0 Å². The van der Waals surface area contributed by atoms with Crippen LogP contribution in [0.3, 0.4) is 0 Å². The molecule has 8 heteroatoms. The summed E-state index contributed by atoms with van der Waals surface area (Å²) >= 11 is 1.51. The van der Waals surface area contributed by atoms with Crippen molar-refractivity contribution >= 4 is 35.2 Å². The molecule has 3 heterocycles. The lowest BCUT2D eigenvalue weighted by atomic mass is 9.71. The number of carboxylic acids is 1. The van der Waals surface area contributed by atoms with Crippen molar-refractivity contribution in [2.75, 3.05) is 18.1 Å². The zero-order valence-electron chi connectivity index (χ0n) is 19.4. The summed E-state index contributed by atoms with van der Waals surface area (Å²) in [5.74, 6) is -3.07. The second kappa shape index (κ2) is 8.80. The molecule has 1 aromatic carbocycles. The van der Waals surface area contributed by atoms with Gasteiger partial charge in [-0.3, -0.25) is 14.4 Å². The maximum absolute atomic E-state index is 14.3. The number of rotatable bonds is 8. The van der Waals surface area contributed by atoms with Crippen LogP contribution in [0.4, 0.5) is 5.69 Å². The van der Waals surface area contributed by atoms with E-state index in [1.165, 1.54) is 16.7 Å². The average molecular weight is 473 g/mol. The molecule has 3 fully saturated rings. The van der Waals surface area contributed by atoms with Gasteiger partial charge in [0.05, 0.1) is 29.2 Å². The summed E-state index contributed by atoms with van der Waals surface area (Å²) < 4.78 is -0.790. The Kier molecular flexibility index (Phi) is 6.35. The van der Waals surface area contributed by atoms with Crippen molar-refractivity contribution in [1.29, 1.82) is 0 Å². The number of carbonyl (C=O) groups excluding carboxylic acids is 2. The molecule has 6 atom stereocenters. The number of fused-ring (bicyclic) bond motifs is 1. The molecular weight excluding hydrogens is 440 g/mol. The summed E-state index contributed by atoms with van der Waals surface area (Å²) in [7, 11) is 0. The standard InChI is InChI=1S/C25H32N2O5S/c1-5-11-26(17-12-14(3)7-8-15(17)4)23(30)21-25-10-9-18(33-25)19(24(31)32)20(25)22(29)27(21)16(6-2)13-28/h5,7-8,12,16,18-21,28H,1,6,9-11,13H2,2-4H3,(H,31,32)/t16-,18-,19+,20-,21?,25?/m0/s1. The van der Waals surface area contributed by atoms with Crippen LogP contribution in [0.15, 0.2) is 30.9 Å². The van der Waals surface area contributed by atoms with Crippen LogP contribution in [0.2, 0.25) is 0 Å². The van der Waals surface area contributed by atoms with Crippen molar-refractivity contribution in [2.45, 2.75) is 62.1 Å². The molecule has 1 aromatic rings. The van der Waals surface area contributed by atoms with Gasteiger partial charge in [0.25, 0.3) is 5.91 Å². The predicted molar refractivity (Wildman–Crippen MR) is 128 cm³/mol. The van der Waals surface area contributed by atoms with Gasteiger partial charge >= 0.3 is 5.97 Å². The first-order valence-corrected chi connectivity index (χ1v) is 12.4. The number of aliphatic hydroxyl groups excluding tert-OH is 1. The SMILES string of the molecule is C=CCN(C(=O)C1N([C@@H](CC)CO)C(=O)[C@@H]2[C@H](C(=O)O)[C@@H]3CCC12S3)c1cc(C)ccc1C. The van der Waals surface area contributed by atoms with E-state index in [-0.39, 0.29) is 30.2 Å². The van der Waals surface area contributed by atoms with E-state index in [1.54, 1.807) is 11.0 Å². The van der Waals surface area contributed by atoms with Crippen molar-refractivity contribution in [3.8, 4) is 0 Å². The molecular formula is C25H32N2O5S. The first-order valence-electron chi connectivity index (χ1n) is 11.5. The van der Waals surface area contributed by atoms with Gasteiger partial charge in [0.2, 0.25) is 5.91 Å². The summed E-state index contributed by atoms with van der Waals surface area (Å²) in [4.78, 5) is 43.4. The molecule has 1 spiro atoms. The Morgan fingerprint density at radius 2 is 2.12 bits per heavy atom. The Bertz CT molecular complexity index is 993. The third-order valence-corrected chi connectivity index (χ3v) is 9.52. The maximum atomic E-state index is 14.3. The monoisotopic (exact) mass is 472 g/mol. The summed E-state index contributed by atoms with van der Waals surface area (Å²) in [5.41, 5.74) is 2.70. The number of nitrogens with zero attached hydrogens (tertiary/aromatic N) is 2. The van der Waals surface area contributed by atoms with Crippen LogP contribution >= 0.6 is 11.8 Å². The Balaban J connectivity index is 1.85. The van der Waals surface area contributed by atoms with E-state index < -0.39 is 34.6 Å². The molecule has 4 rings (SSSR count). The van der Waals surface area contributed by atoms with Gasteiger partial charge in [0.15, 0.2) is 0 Å². The number of aliphatic hydroxyl groups is 1. The molecule has 2 amide bonds. The van der Waals surface area contributed by atoms with Gasteiger partial charge in [0.1, 0.15) is 6.04 Å². The Hall–Kier alpha value is -2.32. The van der Waals surface area contributed by atoms with Gasteiger partial charge in [-0.05, 0) is 50.3 Å². The fourth-order valence-electron chi connectivity index (χ4n) is 6.05. The highest BCUT2D eigenvalue weighted by molar-refractivity contribution is 8.02. The van der Waals surface area contributed by atoms with Gasteiger partial charge in [-0.25, -0.2) is 0 Å². The van der Waals surface area contributed by atoms with E-state index in [0.717, 1.165) is 16.8 Å². The lowest BCUT2D eigenvalue weighted by molar-refractivity contribution is -0.149. The molecule has 0 aliphatic carbocycles. The normalized spacial score (nSPS) is 30.9. The number of aryl methyl sites for hydroxylation is 2. The van der Waals surface area contributed by atoms with E-state index in [9.17, 15) is 24.6 Å². The highest BCUT2D eigenvalue weighted by atomic mass is 32.2. The Morgan fingerprint density at radius 3 is 2.73 bits per heavy atom. The first-order chi connectivity index (χ1) is 15.7. The van der Waals surface area contributed by atoms with E-state index in [1.807, 2.05) is 39.0 Å². The molecule has 0 aromatic heterocycles. The molecule has 178 valence electrons. The second-order valence-electron chi connectivity index (χ2n) is 9.41. The number of thioether (sulfide) groups is 1. The second-order valence-corrected chi connectivity index (χ2v) is 11.0. The summed E-state index contributed by atoms with van der Waals surface area (Å²) in [6.07, 6.45) is 3.43. The van der Waals surface area contributed by atoms with Crippen molar-refractivity contribution in [3.05, 3.63) is 42.0 Å². The highest BCUT2D eigenvalue weighted by Crippen LogP contribution is 2.66. The summed E-state index contributed by atoms with van der Waals surface area (Å²) in [6, 6.07) is 4.54. The Morgan fingerprint density at radius 1 is 1.39 bits per heavy atom. The molecule has 3 saturated heterocycles. The zero-order valence-corrected chi connectivity index (χ0v) is 20.2. The number of carbonyl (C=O) groups is 3. The van der Waals surface area contributed by atoms with Crippen LogP contribution in [0, 0.1) is 25.7 Å². The minimum atomic E-state index is -0.977. The fraction of sp³-hybridized carbons (Fsp3) is 0.560. The van der Waals surface area contributed by atoms with Crippen LogP contribution < -0.4 is 4.90 Å². The van der Waals surface area contributed by atoms with E-state index in [4.69, 9.17) is 0 Å². The van der Waals surface area contributed by atoms with Crippen molar-refractivity contribution in [1.82, 2.24) is 4.90 Å². The van der Waals surface area contributed by atoms with Crippen LogP contribution in [-0.4, -0.2) is 68.1 Å². The van der Waals surface area contributed by atoms with Crippen LogP contribution in [0.5, 0.6) is 0 Å². The minimum absolute atomic E-state index is 0.170. The number of likely N-dealkylation sites (tertiary alicyclic amines) is 1. The predicted octanol–water partition coefficient (Wildman–Crippen LogP) is 2.77. The lowest BCUT2D eigenvalue weighted by Gasteiger charge is -2.39. The van der Waals surface area contributed by atoms with Gasteiger partial charge in [-0.2, -0.15) is 0 Å². The molecule has 33 heavy (non-hydrogen) atoms. The molecule has 2 N–H and O–H groups in total. The number of carboxylic acid groups (broad SMARTS) is 1. The fourth-order valence-corrected chi connectivity index (χ4v) is 8.25. The molecule has 0 saturated carbocycles. The van der Waals surface area contributed by atoms with Crippen LogP contribution in [-0.2, 0) is 14.4 Å². The summed E-state index contributed by atoms with van der Waals surface area (Å²) in [5, 5.41) is 19.9. The van der Waals surface area contributed by atoms with Crippen molar-refractivity contribution < 1.29 is 24.6 Å². The largest absolute Gasteiger partial charge is 0.481 e. The molecule has 3 aliphatic rings. The topological polar surface area (TPSA) is 98.2 Å².